The van der Waals surface area contributed by atoms with Gasteiger partial charge >= 0.3 is 0 Å². The predicted octanol–water partition coefficient (Wildman–Crippen LogP) is 3.13. The van der Waals surface area contributed by atoms with Crippen LogP contribution in [0.2, 0.25) is 0 Å². The molecule has 0 saturated heterocycles. The summed E-state index contributed by atoms with van der Waals surface area (Å²) in [6, 6.07) is 5.79. The number of amides is 1. The summed E-state index contributed by atoms with van der Waals surface area (Å²) in [4.78, 5) is 11.1. The number of rotatable bonds is 4. The molecule has 0 aromatic heterocycles. The lowest BCUT2D eigenvalue weighted by Crippen LogP contribution is -2.13. The molecule has 3 heteroatoms. The molecule has 0 spiro atoms. The van der Waals surface area contributed by atoms with Crippen LogP contribution in [0.4, 0.5) is 5.69 Å². The van der Waals surface area contributed by atoms with E-state index in [9.17, 15) is 4.79 Å². The Hall–Kier alpha value is -1.51. The van der Waals surface area contributed by atoms with E-state index in [2.05, 4.69) is 12.2 Å². The first kappa shape index (κ1) is 12.6. The van der Waals surface area contributed by atoms with E-state index in [1.807, 2.05) is 32.0 Å². The molecule has 1 unspecified atom stereocenters. The van der Waals surface area contributed by atoms with Gasteiger partial charge in [-0.3, -0.25) is 4.79 Å². The average Bonchev–Trinajstić information content (AvgIpc) is 2.21. The second kappa shape index (κ2) is 5.54. The van der Waals surface area contributed by atoms with Crippen molar-refractivity contribution in [2.45, 2.75) is 40.2 Å². The van der Waals surface area contributed by atoms with E-state index in [0.29, 0.717) is 0 Å². The molecule has 3 nitrogen and oxygen atoms in total. The summed E-state index contributed by atoms with van der Waals surface area (Å²) in [5, 5.41) is 2.78. The highest BCUT2D eigenvalue weighted by Crippen LogP contribution is 2.27. The number of ether oxygens (including phenoxy) is 1. The van der Waals surface area contributed by atoms with E-state index in [4.69, 9.17) is 4.74 Å². The van der Waals surface area contributed by atoms with E-state index < -0.39 is 0 Å². The zero-order valence-electron chi connectivity index (χ0n) is 10.3. The minimum Gasteiger partial charge on any atom is -0.489 e. The number of carbonyl (C=O) groups is 1. The molecule has 0 aliphatic heterocycles. The van der Waals surface area contributed by atoms with Gasteiger partial charge in [0.2, 0.25) is 5.91 Å². The molecule has 0 aliphatic rings. The van der Waals surface area contributed by atoms with Crippen molar-refractivity contribution >= 4 is 11.6 Å². The number of aryl methyl sites for hydroxylation is 1. The highest BCUT2D eigenvalue weighted by atomic mass is 16.5. The molecule has 16 heavy (non-hydrogen) atoms. The number of hydrogen-bond donors (Lipinski definition) is 1. The van der Waals surface area contributed by atoms with Crippen molar-refractivity contribution in [3.05, 3.63) is 23.8 Å². The van der Waals surface area contributed by atoms with Gasteiger partial charge in [-0.05, 0) is 38.0 Å². The van der Waals surface area contributed by atoms with E-state index in [0.717, 1.165) is 23.4 Å². The second-order valence-corrected chi connectivity index (χ2v) is 4.02. The largest absolute Gasteiger partial charge is 0.489 e. The van der Waals surface area contributed by atoms with Crippen LogP contribution in [0.5, 0.6) is 5.75 Å². The van der Waals surface area contributed by atoms with Crippen LogP contribution in [-0.2, 0) is 4.79 Å². The Morgan fingerprint density at radius 3 is 2.75 bits per heavy atom. The topological polar surface area (TPSA) is 38.3 Å². The molecule has 1 rings (SSSR count). The average molecular weight is 221 g/mol. The van der Waals surface area contributed by atoms with Gasteiger partial charge in [0.15, 0.2) is 0 Å². The van der Waals surface area contributed by atoms with Crippen molar-refractivity contribution in [3.63, 3.8) is 0 Å². The van der Waals surface area contributed by atoms with Crippen molar-refractivity contribution in [2.24, 2.45) is 0 Å². The SMILES string of the molecule is CCC(C)Oc1ccc(C)cc1NC(C)=O. The molecule has 1 N–H and O–H groups in total. The lowest BCUT2D eigenvalue weighted by atomic mass is 10.2. The maximum absolute atomic E-state index is 11.1. The predicted molar refractivity (Wildman–Crippen MR) is 65.9 cm³/mol. The van der Waals surface area contributed by atoms with E-state index in [1.54, 1.807) is 0 Å². The fourth-order valence-electron chi connectivity index (χ4n) is 1.33. The maximum atomic E-state index is 11.1. The van der Waals surface area contributed by atoms with E-state index in [1.165, 1.54) is 6.92 Å². The summed E-state index contributed by atoms with van der Waals surface area (Å²) in [6.45, 7) is 7.56. The third-order valence-electron chi connectivity index (χ3n) is 2.35. The molecule has 1 atom stereocenters. The number of nitrogens with one attached hydrogen (secondary N) is 1. The fraction of sp³-hybridized carbons (Fsp3) is 0.462. The molecule has 1 aromatic carbocycles. The lowest BCUT2D eigenvalue weighted by Gasteiger charge is -2.16. The molecule has 1 aromatic rings. The van der Waals surface area contributed by atoms with Gasteiger partial charge < -0.3 is 10.1 Å². The van der Waals surface area contributed by atoms with Crippen molar-refractivity contribution in [2.75, 3.05) is 5.32 Å². The molecule has 0 fully saturated rings. The molecule has 0 bridgehead atoms. The second-order valence-electron chi connectivity index (χ2n) is 4.02. The molecule has 0 radical (unpaired) electrons. The van der Waals surface area contributed by atoms with Crippen LogP contribution in [-0.4, -0.2) is 12.0 Å². The Morgan fingerprint density at radius 2 is 2.19 bits per heavy atom. The minimum atomic E-state index is -0.0837. The summed E-state index contributed by atoms with van der Waals surface area (Å²) < 4.78 is 5.74. The van der Waals surface area contributed by atoms with Crippen LogP contribution in [0, 0.1) is 6.92 Å². The Bertz CT molecular complexity index is 374. The smallest absolute Gasteiger partial charge is 0.221 e. The van der Waals surface area contributed by atoms with Crippen LogP contribution >= 0.6 is 0 Å². The van der Waals surface area contributed by atoms with E-state index in [-0.39, 0.29) is 12.0 Å². The van der Waals surface area contributed by atoms with Crippen LogP contribution in [0.25, 0.3) is 0 Å². The van der Waals surface area contributed by atoms with Gasteiger partial charge in [-0.2, -0.15) is 0 Å². The summed E-state index contributed by atoms with van der Waals surface area (Å²) in [5.41, 5.74) is 1.84. The molecule has 0 saturated carbocycles. The van der Waals surface area contributed by atoms with Crippen LogP contribution in [0.1, 0.15) is 32.8 Å². The van der Waals surface area contributed by atoms with Crippen LogP contribution < -0.4 is 10.1 Å². The third kappa shape index (κ3) is 3.57. The number of carbonyl (C=O) groups excluding carboxylic acids is 1. The quantitative estimate of drug-likeness (QED) is 0.848. The van der Waals surface area contributed by atoms with Crippen molar-refractivity contribution in [3.8, 4) is 5.75 Å². The van der Waals surface area contributed by atoms with Crippen LogP contribution in [0.3, 0.4) is 0 Å². The lowest BCUT2D eigenvalue weighted by molar-refractivity contribution is -0.114. The zero-order chi connectivity index (χ0) is 12.1. The van der Waals surface area contributed by atoms with Gasteiger partial charge in [0.1, 0.15) is 5.75 Å². The number of anilines is 1. The summed E-state index contributed by atoms with van der Waals surface area (Å²) >= 11 is 0. The van der Waals surface area contributed by atoms with Crippen molar-refractivity contribution < 1.29 is 9.53 Å². The fourth-order valence-corrected chi connectivity index (χ4v) is 1.33. The van der Waals surface area contributed by atoms with Gasteiger partial charge in [0.25, 0.3) is 0 Å². The Balaban J connectivity index is 2.93. The van der Waals surface area contributed by atoms with E-state index >= 15 is 0 Å². The first-order chi connectivity index (χ1) is 7.52. The van der Waals surface area contributed by atoms with Gasteiger partial charge in [-0.1, -0.05) is 13.0 Å². The molecular formula is C13H19NO2. The maximum Gasteiger partial charge on any atom is 0.221 e. The van der Waals surface area contributed by atoms with Gasteiger partial charge in [0.05, 0.1) is 11.8 Å². The van der Waals surface area contributed by atoms with Crippen molar-refractivity contribution in [1.82, 2.24) is 0 Å². The molecule has 88 valence electrons. The Labute approximate surface area is 96.8 Å². The number of benzene rings is 1. The van der Waals surface area contributed by atoms with Gasteiger partial charge in [0, 0.05) is 6.92 Å². The zero-order valence-corrected chi connectivity index (χ0v) is 10.3. The Kier molecular flexibility index (Phi) is 4.35. The molecule has 0 heterocycles. The summed E-state index contributed by atoms with van der Waals surface area (Å²) in [7, 11) is 0. The third-order valence-corrected chi connectivity index (χ3v) is 2.35. The first-order valence-corrected chi connectivity index (χ1v) is 5.57. The summed E-state index contributed by atoms with van der Waals surface area (Å²) in [5.74, 6) is 0.648. The monoisotopic (exact) mass is 221 g/mol. The highest BCUT2D eigenvalue weighted by molar-refractivity contribution is 5.90. The molecule has 0 aliphatic carbocycles. The highest BCUT2D eigenvalue weighted by Gasteiger charge is 2.08. The van der Waals surface area contributed by atoms with Crippen LogP contribution in [0.15, 0.2) is 18.2 Å². The van der Waals surface area contributed by atoms with Crippen molar-refractivity contribution in [1.29, 1.82) is 0 Å². The number of hydrogen-bond acceptors (Lipinski definition) is 2. The molecule has 1 amide bonds. The minimum absolute atomic E-state index is 0.0837. The standard InChI is InChI=1S/C13H19NO2/c1-5-10(3)16-13-7-6-9(2)8-12(13)14-11(4)15/h6-8,10H,5H2,1-4H3,(H,14,15). The summed E-state index contributed by atoms with van der Waals surface area (Å²) in [6.07, 6.45) is 1.09. The Morgan fingerprint density at radius 1 is 1.50 bits per heavy atom. The van der Waals surface area contributed by atoms with Gasteiger partial charge in [-0.15, -0.1) is 0 Å². The first-order valence-electron chi connectivity index (χ1n) is 5.57. The molecular weight excluding hydrogens is 202 g/mol. The normalized spacial score (nSPS) is 12.0. The van der Waals surface area contributed by atoms with Gasteiger partial charge in [-0.25, -0.2) is 0 Å².